The number of rotatable bonds is 4. The summed E-state index contributed by atoms with van der Waals surface area (Å²) in [4.78, 5) is 4.49. The highest BCUT2D eigenvalue weighted by Gasteiger charge is 2.24. The largest absolute Gasteiger partial charge is 0.347 e. The van der Waals surface area contributed by atoms with E-state index in [-0.39, 0.29) is 0 Å². The number of hydrogen-bond acceptors (Lipinski definition) is 2. The Morgan fingerprint density at radius 2 is 1.21 bits per heavy atom. The molecule has 0 bridgehead atoms. The van der Waals surface area contributed by atoms with Gasteiger partial charge in [0.1, 0.15) is 6.67 Å². The molecule has 0 aliphatic carbocycles. The van der Waals surface area contributed by atoms with Crippen molar-refractivity contribution in [2.45, 2.75) is 6.54 Å². The Morgan fingerprint density at radius 3 is 1.88 bits per heavy atom. The van der Waals surface area contributed by atoms with Crippen LogP contribution in [0.15, 0.2) is 97.2 Å². The Labute approximate surface area is 143 Å². The van der Waals surface area contributed by atoms with Gasteiger partial charge in [-0.05, 0) is 23.3 Å². The second-order valence-corrected chi connectivity index (χ2v) is 5.86. The predicted molar refractivity (Wildman–Crippen MR) is 99.6 cm³/mol. The maximum absolute atomic E-state index is 2.25. The normalized spacial score (nSPS) is 13.9. The van der Waals surface area contributed by atoms with Gasteiger partial charge < -0.3 is 9.80 Å². The highest BCUT2D eigenvalue weighted by atomic mass is 15.4. The van der Waals surface area contributed by atoms with Gasteiger partial charge in [0.05, 0.1) is 5.70 Å². The van der Waals surface area contributed by atoms with E-state index in [9.17, 15) is 0 Å². The molecule has 4 rings (SSSR count). The van der Waals surface area contributed by atoms with Gasteiger partial charge in [0.15, 0.2) is 0 Å². The number of nitrogens with zero attached hydrogens (tertiary/aromatic N) is 2. The highest BCUT2D eigenvalue weighted by Crippen LogP contribution is 2.34. The number of benzene rings is 3. The second-order valence-electron chi connectivity index (χ2n) is 5.86. The summed E-state index contributed by atoms with van der Waals surface area (Å²) >= 11 is 0. The maximum Gasteiger partial charge on any atom is 0.146 e. The Bertz CT molecular complexity index is 810. The summed E-state index contributed by atoms with van der Waals surface area (Å²) in [7, 11) is 0. The van der Waals surface area contributed by atoms with Crippen molar-refractivity contribution in [1.29, 1.82) is 0 Å². The van der Waals surface area contributed by atoms with Crippen LogP contribution in [0.1, 0.15) is 11.1 Å². The molecule has 0 fully saturated rings. The molecule has 1 aliphatic rings. The van der Waals surface area contributed by atoms with E-state index in [1.807, 2.05) is 6.07 Å². The summed E-state index contributed by atoms with van der Waals surface area (Å²) in [5.41, 5.74) is 4.88. The Hall–Kier alpha value is -3.00. The van der Waals surface area contributed by atoms with Crippen molar-refractivity contribution in [3.8, 4) is 0 Å². The van der Waals surface area contributed by atoms with Gasteiger partial charge in [0.25, 0.3) is 0 Å². The van der Waals surface area contributed by atoms with Crippen molar-refractivity contribution in [2.24, 2.45) is 0 Å². The van der Waals surface area contributed by atoms with E-state index in [4.69, 9.17) is 0 Å². The minimum Gasteiger partial charge on any atom is -0.347 e. The molecule has 117 valence electrons. The third-order valence-electron chi connectivity index (χ3n) is 4.12. The van der Waals surface area contributed by atoms with E-state index in [0.717, 1.165) is 6.54 Å². The zero-order chi connectivity index (χ0) is 16.2. The van der Waals surface area contributed by atoms with Gasteiger partial charge in [-0.15, -0.1) is 0 Å². The van der Waals surface area contributed by atoms with Crippen LogP contribution in [0.3, 0.4) is 0 Å². The van der Waals surface area contributed by atoms with Crippen molar-refractivity contribution < 1.29 is 0 Å². The molecule has 1 aliphatic heterocycles. The quantitative estimate of drug-likeness (QED) is 0.659. The van der Waals surface area contributed by atoms with Gasteiger partial charge >= 0.3 is 0 Å². The zero-order valence-corrected chi connectivity index (χ0v) is 13.4. The summed E-state index contributed by atoms with van der Waals surface area (Å²) in [5.74, 6) is 0. The fraction of sp³-hybridized carbons (Fsp3) is 0.0455. The average Bonchev–Trinajstić information content (AvgIpc) is 3.08. The zero-order valence-electron chi connectivity index (χ0n) is 13.4. The molecule has 2 nitrogen and oxygen atoms in total. The van der Waals surface area contributed by atoms with E-state index in [2.05, 4.69) is 108 Å². The van der Waals surface area contributed by atoms with Gasteiger partial charge in [0.2, 0.25) is 0 Å². The number of hydrogen-bond donors (Lipinski definition) is 0. The van der Waals surface area contributed by atoms with E-state index in [0.29, 0.717) is 0 Å². The van der Waals surface area contributed by atoms with E-state index in [1.54, 1.807) is 0 Å². The summed E-state index contributed by atoms with van der Waals surface area (Å²) < 4.78 is 0. The molecule has 3 aromatic rings. The van der Waals surface area contributed by atoms with Crippen LogP contribution in [-0.2, 0) is 6.54 Å². The lowest BCUT2D eigenvalue weighted by Crippen LogP contribution is -2.20. The van der Waals surface area contributed by atoms with Crippen LogP contribution in [0.5, 0.6) is 0 Å². The van der Waals surface area contributed by atoms with Crippen LogP contribution >= 0.6 is 0 Å². The first-order valence-corrected chi connectivity index (χ1v) is 8.16. The molecule has 0 saturated heterocycles. The maximum atomic E-state index is 2.25. The van der Waals surface area contributed by atoms with Crippen molar-refractivity contribution in [1.82, 2.24) is 4.90 Å². The molecule has 0 amide bonds. The smallest absolute Gasteiger partial charge is 0.146 e. The minimum absolute atomic E-state index is 0.862. The molecule has 1 heterocycles. The van der Waals surface area contributed by atoms with Crippen molar-refractivity contribution in [3.05, 3.63) is 115 Å². The van der Waals surface area contributed by atoms with Crippen molar-refractivity contribution in [3.63, 3.8) is 0 Å². The van der Waals surface area contributed by atoms with Crippen LogP contribution in [0.25, 0.3) is 5.70 Å². The standard InChI is InChI=1S/C22H19N2/c1-4-10-19(11-5-1)16-23-17-22(20-12-6-2-7-13-20)24(18-23)21-14-8-3-9-15-21/h1-15,17-18H,16H2. The first kappa shape index (κ1) is 14.6. The number of para-hydroxylation sites is 1. The van der Waals surface area contributed by atoms with Gasteiger partial charge in [-0.25, -0.2) is 0 Å². The van der Waals surface area contributed by atoms with Crippen molar-refractivity contribution in [2.75, 3.05) is 4.90 Å². The monoisotopic (exact) mass is 311 g/mol. The average molecular weight is 311 g/mol. The van der Waals surface area contributed by atoms with Gasteiger partial charge in [-0.2, -0.15) is 0 Å². The lowest BCUT2D eigenvalue weighted by atomic mass is 10.1. The first-order valence-electron chi connectivity index (χ1n) is 8.16. The Kier molecular flexibility index (Phi) is 4.03. The van der Waals surface area contributed by atoms with E-state index < -0.39 is 0 Å². The molecule has 24 heavy (non-hydrogen) atoms. The van der Waals surface area contributed by atoms with Gasteiger partial charge in [0, 0.05) is 18.4 Å². The molecular formula is C22H19N2. The van der Waals surface area contributed by atoms with Gasteiger partial charge in [-0.3, -0.25) is 0 Å². The van der Waals surface area contributed by atoms with E-state index in [1.165, 1.54) is 22.5 Å². The fourth-order valence-corrected chi connectivity index (χ4v) is 2.96. The summed E-state index contributed by atoms with van der Waals surface area (Å²) in [6.07, 6.45) is 2.22. The lowest BCUT2D eigenvalue weighted by Gasteiger charge is -2.23. The topological polar surface area (TPSA) is 6.48 Å². The molecule has 0 aromatic heterocycles. The molecule has 0 unspecified atom stereocenters. The molecule has 0 atom stereocenters. The Balaban J connectivity index is 1.66. The molecule has 3 aromatic carbocycles. The highest BCUT2D eigenvalue weighted by molar-refractivity contribution is 5.82. The number of anilines is 1. The second kappa shape index (κ2) is 6.63. The van der Waals surface area contributed by atoms with Gasteiger partial charge in [-0.1, -0.05) is 78.9 Å². The minimum atomic E-state index is 0.862. The Morgan fingerprint density at radius 1 is 0.625 bits per heavy atom. The summed E-state index contributed by atoms with van der Waals surface area (Å²) in [6, 6.07) is 31.6. The molecule has 2 heteroatoms. The van der Waals surface area contributed by atoms with Crippen LogP contribution in [0, 0.1) is 6.67 Å². The lowest BCUT2D eigenvalue weighted by molar-refractivity contribution is 0.463. The third-order valence-corrected chi connectivity index (χ3v) is 4.12. The molecule has 0 spiro atoms. The van der Waals surface area contributed by atoms with Crippen molar-refractivity contribution >= 4 is 11.4 Å². The molecule has 0 N–H and O–H groups in total. The summed E-state index contributed by atoms with van der Waals surface area (Å²) in [6.45, 7) is 3.03. The fourth-order valence-electron chi connectivity index (χ4n) is 2.96. The predicted octanol–water partition coefficient (Wildman–Crippen LogP) is 5.13. The molecule has 1 radical (unpaired) electrons. The first-order chi connectivity index (χ1) is 11.9. The summed E-state index contributed by atoms with van der Waals surface area (Å²) in [5, 5.41) is 0. The molecule has 0 saturated carbocycles. The van der Waals surface area contributed by atoms with E-state index >= 15 is 0 Å². The SMILES string of the molecule is [CH]1N(Cc2ccccc2)C=C(c2ccccc2)N1c1ccccc1. The third kappa shape index (κ3) is 3.04. The molecular weight excluding hydrogens is 292 g/mol. The van der Waals surface area contributed by atoms with Crippen LogP contribution < -0.4 is 4.90 Å². The van der Waals surface area contributed by atoms with Crippen LogP contribution in [-0.4, -0.2) is 4.90 Å². The van der Waals surface area contributed by atoms with Crippen LogP contribution in [0.2, 0.25) is 0 Å². The van der Waals surface area contributed by atoms with Crippen LogP contribution in [0.4, 0.5) is 5.69 Å².